The van der Waals surface area contributed by atoms with Crippen LogP contribution in [0.4, 0.5) is 5.69 Å². The van der Waals surface area contributed by atoms with Gasteiger partial charge in [0.1, 0.15) is 6.61 Å². The van der Waals surface area contributed by atoms with Crippen molar-refractivity contribution in [3.8, 4) is 6.07 Å². The van der Waals surface area contributed by atoms with Gasteiger partial charge in [0.15, 0.2) is 0 Å². The number of benzene rings is 1. The van der Waals surface area contributed by atoms with Gasteiger partial charge in [-0.1, -0.05) is 12.1 Å². The maximum atomic E-state index is 11.8. The van der Waals surface area contributed by atoms with Gasteiger partial charge >= 0.3 is 0 Å². The zero-order valence-corrected chi connectivity index (χ0v) is 12.7. The first-order valence-corrected chi connectivity index (χ1v) is 7.01. The molecule has 5 heteroatoms. The van der Waals surface area contributed by atoms with Crippen molar-refractivity contribution in [2.75, 3.05) is 25.0 Å². The topological polar surface area (TPSA) is 74.1 Å². The molecule has 1 aliphatic heterocycles. The summed E-state index contributed by atoms with van der Waals surface area (Å²) in [6, 6.07) is 9.58. The second-order valence-corrected chi connectivity index (χ2v) is 6.20. The molecule has 0 unspecified atom stereocenters. The van der Waals surface area contributed by atoms with Gasteiger partial charge in [0.2, 0.25) is 5.91 Å². The van der Waals surface area contributed by atoms with Crippen molar-refractivity contribution in [3.05, 3.63) is 29.8 Å². The Labute approximate surface area is 125 Å². The monoisotopic (exact) mass is 287 g/mol. The van der Waals surface area contributed by atoms with Crippen LogP contribution < -0.4 is 10.6 Å². The third kappa shape index (κ3) is 3.81. The number of anilines is 1. The van der Waals surface area contributed by atoms with E-state index < -0.39 is 5.41 Å². The summed E-state index contributed by atoms with van der Waals surface area (Å²) >= 11 is 0. The van der Waals surface area contributed by atoms with Gasteiger partial charge in [-0.15, -0.1) is 0 Å². The lowest BCUT2D eigenvalue weighted by Gasteiger charge is -2.38. The van der Waals surface area contributed by atoms with Crippen LogP contribution in [0.5, 0.6) is 0 Å². The Bertz CT molecular complexity index is 554. The van der Waals surface area contributed by atoms with E-state index in [-0.39, 0.29) is 18.1 Å². The molecule has 1 aliphatic rings. The number of carbonyl (C=O) groups excluding carboxylic acids is 1. The van der Waals surface area contributed by atoms with E-state index in [1.807, 2.05) is 32.9 Å². The maximum absolute atomic E-state index is 11.8. The molecule has 0 aliphatic carbocycles. The van der Waals surface area contributed by atoms with Crippen LogP contribution in [-0.4, -0.2) is 31.2 Å². The molecule has 1 fully saturated rings. The second-order valence-electron chi connectivity index (χ2n) is 6.20. The molecule has 0 radical (unpaired) electrons. The van der Waals surface area contributed by atoms with Crippen LogP contribution in [0.3, 0.4) is 0 Å². The lowest BCUT2D eigenvalue weighted by Crippen LogP contribution is -2.59. The number of nitrogens with one attached hydrogen (secondary N) is 2. The van der Waals surface area contributed by atoms with E-state index >= 15 is 0 Å². The number of rotatable bonds is 5. The normalized spacial score (nSPS) is 16.7. The van der Waals surface area contributed by atoms with Crippen molar-refractivity contribution >= 4 is 11.6 Å². The molecule has 2 N–H and O–H groups in total. The molecule has 0 spiro atoms. The summed E-state index contributed by atoms with van der Waals surface area (Å²) in [4.78, 5) is 11.8. The Kier molecular flexibility index (Phi) is 4.31. The number of amides is 1. The number of nitrogens with zero attached hydrogens (tertiary/aromatic N) is 1. The number of hydrogen-bond donors (Lipinski definition) is 2. The number of nitriles is 1. The molecule has 1 heterocycles. The van der Waals surface area contributed by atoms with Crippen molar-refractivity contribution < 1.29 is 9.53 Å². The van der Waals surface area contributed by atoms with E-state index in [2.05, 4.69) is 16.7 Å². The van der Waals surface area contributed by atoms with Gasteiger partial charge in [-0.3, -0.25) is 4.79 Å². The first-order valence-electron chi connectivity index (χ1n) is 7.01. The third-order valence-electron chi connectivity index (χ3n) is 3.72. The van der Waals surface area contributed by atoms with Crippen molar-refractivity contribution in [3.63, 3.8) is 0 Å². The largest absolute Gasteiger partial charge is 0.363 e. The summed E-state index contributed by atoms with van der Waals surface area (Å²) in [6.07, 6.45) is 0. The average Bonchev–Trinajstić information content (AvgIpc) is 2.43. The summed E-state index contributed by atoms with van der Waals surface area (Å²) in [5, 5.41) is 15.0. The lowest BCUT2D eigenvalue weighted by molar-refractivity contribution is -0.130. The van der Waals surface area contributed by atoms with E-state index in [0.29, 0.717) is 5.69 Å². The fraction of sp³-hybridized carbons (Fsp3) is 0.500. The zero-order valence-electron chi connectivity index (χ0n) is 12.7. The molecule has 112 valence electrons. The predicted molar refractivity (Wildman–Crippen MR) is 80.9 cm³/mol. The van der Waals surface area contributed by atoms with Gasteiger partial charge in [-0.2, -0.15) is 5.26 Å². The highest BCUT2D eigenvalue weighted by Gasteiger charge is 2.33. The van der Waals surface area contributed by atoms with E-state index in [1.54, 1.807) is 12.1 Å². The Morgan fingerprint density at radius 3 is 2.52 bits per heavy atom. The average molecular weight is 287 g/mol. The summed E-state index contributed by atoms with van der Waals surface area (Å²) in [5.74, 6) is -0.171. The zero-order chi connectivity index (χ0) is 15.5. The fourth-order valence-electron chi connectivity index (χ4n) is 2.05. The molecule has 1 aromatic carbocycles. The van der Waals surface area contributed by atoms with Crippen molar-refractivity contribution in [1.82, 2.24) is 5.32 Å². The van der Waals surface area contributed by atoms with Gasteiger partial charge in [-0.25, -0.2) is 0 Å². The molecular weight excluding hydrogens is 266 g/mol. The summed E-state index contributed by atoms with van der Waals surface area (Å²) in [7, 11) is 0. The minimum Gasteiger partial charge on any atom is -0.363 e. The lowest BCUT2D eigenvalue weighted by atomic mass is 9.86. The highest BCUT2D eigenvalue weighted by atomic mass is 16.5. The molecule has 1 amide bonds. The van der Waals surface area contributed by atoms with E-state index in [4.69, 9.17) is 10.00 Å². The Morgan fingerprint density at radius 1 is 1.43 bits per heavy atom. The molecule has 0 aromatic heterocycles. The minimum absolute atomic E-state index is 0.0453. The fourth-order valence-corrected chi connectivity index (χ4v) is 2.05. The molecule has 5 nitrogen and oxygen atoms in total. The van der Waals surface area contributed by atoms with Crippen molar-refractivity contribution in [2.45, 2.75) is 31.8 Å². The number of carbonyl (C=O) groups is 1. The van der Waals surface area contributed by atoms with Crippen molar-refractivity contribution in [2.24, 2.45) is 0 Å². The highest BCUT2D eigenvalue weighted by Crippen LogP contribution is 2.23. The number of hydrogen-bond acceptors (Lipinski definition) is 4. The third-order valence-corrected chi connectivity index (χ3v) is 3.72. The van der Waals surface area contributed by atoms with Gasteiger partial charge in [0, 0.05) is 18.8 Å². The number of ether oxygens (including phenoxy) is 1. The minimum atomic E-state index is -0.530. The molecule has 1 aromatic rings. The van der Waals surface area contributed by atoms with Crippen LogP contribution in [-0.2, 0) is 14.9 Å². The maximum Gasteiger partial charge on any atom is 0.250 e. The van der Waals surface area contributed by atoms with Gasteiger partial charge in [0.05, 0.1) is 17.1 Å². The standard InChI is InChI=1S/C16H21N3O2/c1-15(2,9-17)12-4-6-13(7-5-12)19-14(20)8-21-16(3)10-18-11-16/h4-7,18H,8,10-11H2,1-3H3,(H,19,20). The van der Waals surface area contributed by atoms with Crippen LogP contribution in [0.25, 0.3) is 0 Å². The molecule has 0 atom stereocenters. The van der Waals surface area contributed by atoms with Crippen LogP contribution in [0.1, 0.15) is 26.3 Å². The molecule has 0 bridgehead atoms. The van der Waals surface area contributed by atoms with E-state index in [9.17, 15) is 4.79 Å². The summed E-state index contributed by atoms with van der Waals surface area (Å²) in [6.45, 7) is 7.30. The molecular formula is C16H21N3O2. The Morgan fingerprint density at radius 2 is 2.05 bits per heavy atom. The highest BCUT2D eigenvalue weighted by molar-refractivity contribution is 5.91. The SMILES string of the molecule is CC1(OCC(=O)Nc2ccc(C(C)(C)C#N)cc2)CNC1. The summed E-state index contributed by atoms with van der Waals surface area (Å²) in [5.41, 5.74) is 0.875. The Hall–Kier alpha value is -1.90. The van der Waals surface area contributed by atoms with Crippen molar-refractivity contribution in [1.29, 1.82) is 5.26 Å². The molecule has 1 saturated heterocycles. The van der Waals surface area contributed by atoms with E-state index in [1.165, 1.54) is 0 Å². The van der Waals surface area contributed by atoms with Crippen LogP contribution in [0, 0.1) is 11.3 Å². The van der Waals surface area contributed by atoms with E-state index in [0.717, 1.165) is 18.7 Å². The molecule has 21 heavy (non-hydrogen) atoms. The second kappa shape index (κ2) is 5.84. The first kappa shape index (κ1) is 15.5. The predicted octanol–water partition coefficient (Wildman–Crippen LogP) is 1.80. The van der Waals surface area contributed by atoms with Crippen LogP contribution in [0.2, 0.25) is 0 Å². The van der Waals surface area contributed by atoms with Crippen LogP contribution in [0.15, 0.2) is 24.3 Å². The van der Waals surface area contributed by atoms with Gasteiger partial charge < -0.3 is 15.4 Å². The van der Waals surface area contributed by atoms with Crippen LogP contribution >= 0.6 is 0 Å². The molecule has 2 rings (SSSR count). The van der Waals surface area contributed by atoms with Gasteiger partial charge in [0.25, 0.3) is 0 Å². The molecule has 0 saturated carbocycles. The first-order chi connectivity index (χ1) is 9.85. The smallest absolute Gasteiger partial charge is 0.250 e. The summed E-state index contributed by atoms with van der Waals surface area (Å²) < 4.78 is 5.58. The Balaban J connectivity index is 1.88. The van der Waals surface area contributed by atoms with Gasteiger partial charge in [-0.05, 0) is 38.5 Å². The quantitative estimate of drug-likeness (QED) is 0.866.